The summed E-state index contributed by atoms with van der Waals surface area (Å²) in [6.45, 7) is 0. The Morgan fingerprint density at radius 2 is 1.91 bits per heavy atom. The van der Waals surface area contributed by atoms with Gasteiger partial charge >= 0.3 is 0 Å². The second-order valence-corrected chi connectivity index (χ2v) is 2.49. The van der Waals surface area contributed by atoms with Gasteiger partial charge in [-0.3, -0.25) is 4.79 Å². The van der Waals surface area contributed by atoms with Crippen molar-refractivity contribution in [3.63, 3.8) is 0 Å². The van der Waals surface area contributed by atoms with Crippen molar-refractivity contribution in [3.05, 3.63) is 35.9 Å². The van der Waals surface area contributed by atoms with Crippen LogP contribution in [0.25, 0.3) is 0 Å². The molecule has 0 bridgehead atoms. The maximum absolute atomic E-state index is 10.5. The minimum absolute atomic E-state index is 0.521. The Kier molecular flexibility index (Phi) is 2.63. The Morgan fingerprint density at radius 1 is 1.36 bits per heavy atom. The van der Waals surface area contributed by atoms with Gasteiger partial charge in [0.15, 0.2) is 6.10 Å². The molecular formula is C8H7ClO2. The zero-order valence-corrected chi connectivity index (χ0v) is 6.45. The van der Waals surface area contributed by atoms with Crippen LogP contribution in [0, 0.1) is 0 Å². The minimum Gasteiger partial charge on any atom is -0.379 e. The maximum Gasteiger partial charge on any atom is 0.254 e. The number of hydrogen-bond acceptors (Lipinski definition) is 2. The molecule has 2 nitrogen and oxygen atoms in total. The summed E-state index contributed by atoms with van der Waals surface area (Å²) < 4.78 is 0. The van der Waals surface area contributed by atoms with Crippen LogP contribution in [0.2, 0.25) is 0 Å². The van der Waals surface area contributed by atoms with Crippen molar-refractivity contribution in [2.24, 2.45) is 0 Å². The predicted molar refractivity (Wildman–Crippen MR) is 42.3 cm³/mol. The summed E-state index contributed by atoms with van der Waals surface area (Å²) in [7, 11) is 0. The van der Waals surface area contributed by atoms with Gasteiger partial charge in [0.1, 0.15) is 0 Å². The van der Waals surface area contributed by atoms with Crippen molar-refractivity contribution in [3.8, 4) is 0 Å². The standard InChI is InChI=1S/C8H7ClO2/c9-8(11)7(10)6-4-2-1-3-5-6/h1-5,7,10H. The zero-order chi connectivity index (χ0) is 8.27. The molecule has 0 aliphatic carbocycles. The molecule has 1 unspecified atom stereocenters. The van der Waals surface area contributed by atoms with E-state index in [2.05, 4.69) is 0 Å². The van der Waals surface area contributed by atoms with Gasteiger partial charge in [0, 0.05) is 0 Å². The number of aliphatic hydroxyl groups excluding tert-OH is 1. The highest BCUT2D eigenvalue weighted by Crippen LogP contribution is 2.14. The third kappa shape index (κ3) is 2.03. The van der Waals surface area contributed by atoms with E-state index in [4.69, 9.17) is 16.7 Å². The van der Waals surface area contributed by atoms with Crippen LogP contribution < -0.4 is 0 Å². The second-order valence-electron chi connectivity index (χ2n) is 2.12. The van der Waals surface area contributed by atoms with E-state index < -0.39 is 11.3 Å². The lowest BCUT2D eigenvalue weighted by molar-refractivity contribution is -0.119. The van der Waals surface area contributed by atoms with Crippen LogP contribution in [-0.4, -0.2) is 10.3 Å². The monoisotopic (exact) mass is 170 g/mol. The molecule has 1 N–H and O–H groups in total. The summed E-state index contributed by atoms with van der Waals surface area (Å²) in [6.07, 6.45) is -1.20. The first-order chi connectivity index (χ1) is 5.22. The van der Waals surface area contributed by atoms with E-state index in [1.165, 1.54) is 0 Å². The fourth-order valence-electron chi connectivity index (χ4n) is 0.766. The minimum atomic E-state index is -1.20. The van der Waals surface area contributed by atoms with Crippen LogP contribution >= 0.6 is 11.6 Å². The molecule has 0 saturated carbocycles. The van der Waals surface area contributed by atoms with Crippen LogP contribution in [0.15, 0.2) is 30.3 Å². The predicted octanol–water partition coefficient (Wildman–Crippen LogP) is 1.49. The lowest BCUT2D eigenvalue weighted by atomic mass is 10.1. The Morgan fingerprint density at radius 3 is 2.36 bits per heavy atom. The molecule has 0 fully saturated rings. The molecule has 0 heterocycles. The fraction of sp³-hybridized carbons (Fsp3) is 0.125. The number of carbonyl (C=O) groups is 1. The van der Waals surface area contributed by atoms with Gasteiger partial charge < -0.3 is 5.11 Å². The molecule has 1 rings (SSSR count). The number of carbonyl (C=O) groups excluding carboxylic acids is 1. The molecular weight excluding hydrogens is 164 g/mol. The first kappa shape index (κ1) is 8.24. The highest BCUT2D eigenvalue weighted by atomic mass is 35.5. The Labute approximate surface area is 69.4 Å². The Balaban J connectivity index is 2.85. The summed E-state index contributed by atoms with van der Waals surface area (Å²) in [4.78, 5) is 10.5. The average molecular weight is 171 g/mol. The molecule has 0 radical (unpaired) electrons. The van der Waals surface area contributed by atoms with Crippen LogP contribution in [-0.2, 0) is 4.79 Å². The van der Waals surface area contributed by atoms with E-state index in [1.54, 1.807) is 30.3 Å². The summed E-state index contributed by atoms with van der Waals surface area (Å²) in [6, 6.07) is 8.56. The molecule has 1 aromatic rings. The van der Waals surface area contributed by atoms with Crippen molar-refractivity contribution in [2.45, 2.75) is 6.10 Å². The molecule has 58 valence electrons. The van der Waals surface area contributed by atoms with Gasteiger partial charge in [0.05, 0.1) is 0 Å². The number of benzene rings is 1. The molecule has 0 amide bonds. The molecule has 1 atom stereocenters. The molecule has 0 saturated heterocycles. The van der Waals surface area contributed by atoms with E-state index in [0.29, 0.717) is 5.56 Å². The van der Waals surface area contributed by atoms with E-state index in [1.807, 2.05) is 0 Å². The van der Waals surface area contributed by atoms with Crippen LogP contribution in [0.4, 0.5) is 0 Å². The molecule has 0 aliphatic rings. The van der Waals surface area contributed by atoms with Gasteiger partial charge in [-0.15, -0.1) is 0 Å². The average Bonchev–Trinajstić information content (AvgIpc) is 2.05. The number of halogens is 1. The molecule has 0 spiro atoms. The van der Waals surface area contributed by atoms with Gasteiger partial charge in [-0.05, 0) is 17.2 Å². The molecule has 3 heteroatoms. The number of hydrogen-bond donors (Lipinski definition) is 1. The van der Waals surface area contributed by atoms with Crippen molar-refractivity contribution in [1.29, 1.82) is 0 Å². The van der Waals surface area contributed by atoms with Crippen molar-refractivity contribution >= 4 is 16.8 Å². The lowest BCUT2D eigenvalue weighted by Crippen LogP contribution is -2.04. The first-order valence-electron chi connectivity index (χ1n) is 3.14. The number of aliphatic hydroxyl groups is 1. The number of rotatable bonds is 2. The van der Waals surface area contributed by atoms with E-state index in [9.17, 15) is 4.79 Å². The summed E-state index contributed by atoms with van der Waals surface area (Å²) in [5.74, 6) is 0. The zero-order valence-electron chi connectivity index (χ0n) is 5.70. The molecule has 0 aromatic heterocycles. The second kappa shape index (κ2) is 3.51. The van der Waals surface area contributed by atoms with E-state index in [-0.39, 0.29) is 0 Å². The highest BCUT2D eigenvalue weighted by molar-refractivity contribution is 6.64. The SMILES string of the molecule is O=C(Cl)C(O)c1ccccc1. The molecule has 1 aromatic carbocycles. The van der Waals surface area contributed by atoms with Crippen LogP contribution in [0.3, 0.4) is 0 Å². The largest absolute Gasteiger partial charge is 0.379 e. The normalized spacial score (nSPS) is 12.5. The van der Waals surface area contributed by atoms with Gasteiger partial charge in [-0.1, -0.05) is 30.3 Å². The van der Waals surface area contributed by atoms with Gasteiger partial charge in [-0.2, -0.15) is 0 Å². The molecule has 0 aliphatic heterocycles. The summed E-state index contributed by atoms with van der Waals surface area (Å²) in [5, 5.41) is 8.36. The topological polar surface area (TPSA) is 37.3 Å². The maximum atomic E-state index is 10.5. The highest BCUT2D eigenvalue weighted by Gasteiger charge is 2.12. The Hall–Kier alpha value is -0.860. The smallest absolute Gasteiger partial charge is 0.254 e. The van der Waals surface area contributed by atoms with Crippen LogP contribution in [0.5, 0.6) is 0 Å². The lowest BCUT2D eigenvalue weighted by Gasteiger charge is -2.03. The molecule has 11 heavy (non-hydrogen) atoms. The third-order valence-corrected chi connectivity index (χ3v) is 1.54. The van der Waals surface area contributed by atoms with Gasteiger partial charge in [0.2, 0.25) is 0 Å². The first-order valence-corrected chi connectivity index (χ1v) is 3.52. The fourth-order valence-corrected chi connectivity index (χ4v) is 0.892. The van der Waals surface area contributed by atoms with Crippen molar-refractivity contribution < 1.29 is 9.90 Å². The van der Waals surface area contributed by atoms with Gasteiger partial charge in [0.25, 0.3) is 5.24 Å². The van der Waals surface area contributed by atoms with E-state index >= 15 is 0 Å². The van der Waals surface area contributed by atoms with Crippen molar-refractivity contribution in [2.75, 3.05) is 0 Å². The van der Waals surface area contributed by atoms with Gasteiger partial charge in [-0.25, -0.2) is 0 Å². The summed E-state index contributed by atoms with van der Waals surface area (Å²) in [5.41, 5.74) is 0.521. The Bertz CT molecular complexity index is 246. The van der Waals surface area contributed by atoms with Crippen LogP contribution in [0.1, 0.15) is 11.7 Å². The van der Waals surface area contributed by atoms with E-state index in [0.717, 1.165) is 0 Å². The quantitative estimate of drug-likeness (QED) is 0.683. The third-order valence-electron chi connectivity index (χ3n) is 1.33. The van der Waals surface area contributed by atoms with Crippen molar-refractivity contribution in [1.82, 2.24) is 0 Å². The summed E-state index contributed by atoms with van der Waals surface area (Å²) >= 11 is 5.07.